The quantitative estimate of drug-likeness (QED) is 0.149. The number of pyridine rings is 1. The summed E-state index contributed by atoms with van der Waals surface area (Å²) in [5.41, 5.74) is 13.5. The minimum atomic E-state index is -0.194. The van der Waals surface area contributed by atoms with Gasteiger partial charge in [-0.2, -0.15) is 12.1 Å². The van der Waals surface area contributed by atoms with Crippen molar-refractivity contribution in [3.05, 3.63) is 186 Å². The third-order valence-corrected chi connectivity index (χ3v) is 12.3. The molecular weight excluding hydrogens is 928 g/mol. The predicted octanol–water partition coefficient (Wildman–Crippen LogP) is 14.5. The van der Waals surface area contributed by atoms with Crippen molar-refractivity contribution >= 4 is 44.6 Å². The second kappa shape index (κ2) is 15.7. The predicted molar refractivity (Wildman–Crippen MR) is 250 cm³/mol. The molecule has 6 heteroatoms. The first-order valence-electron chi connectivity index (χ1n) is 21.0. The van der Waals surface area contributed by atoms with Gasteiger partial charge in [0.25, 0.3) is 0 Å². The van der Waals surface area contributed by atoms with Crippen molar-refractivity contribution in [1.82, 2.24) is 9.55 Å². The summed E-state index contributed by atoms with van der Waals surface area (Å²) in [7, 11) is 0. The fourth-order valence-electron chi connectivity index (χ4n) is 8.33. The van der Waals surface area contributed by atoms with Gasteiger partial charge in [0.1, 0.15) is 5.82 Å². The molecule has 312 valence electrons. The van der Waals surface area contributed by atoms with Crippen LogP contribution < -0.4 is 14.5 Å². The maximum Gasteiger partial charge on any atom is 0.135 e. The van der Waals surface area contributed by atoms with Gasteiger partial charge < -0.3 is 19.1 Å². The Balaban J connectivity index is 0.00000514. The fraction of sp³-hybridized carbons (Fsp3) is 0.236. The Labute approximate surface area is 376 Å². The Morgan fingerprint density at radius 2 is 1.21 bits per heavy atom. The van der Waals surface area contributed by atoms with E-state index in [1.807, 2.05) is 24.4 Å². The van der Waals surface area contributed by atoms with Gasteiger partial charge >= 0.3 is 0 Å². The molecule has 0 saturated heterocycles. The molecule has 1 aliphatic heterocycles. The van der Waals surface area contributed by atoms with E-state index in [9.17, 15) is 0 Å². The Hall–Kier alpha value is -5.64. The first-order valence-corrected chi connectivity index (χ1v) is 21.0. The average Bonchev–Trinajstić information content (AvgIpc) is 3.75. The number of fused-ring (bicyclic) bond motifs is 4. The largest absolute Gasteiger partial charge is 0.509 e. The number of benzene rings is 6. The van der Waals surface area contributed by atoms with Crippen molar-refractivity contribution in [3.8, 4) is 17.3 Å². The van der Waals surface area contributed by atoms with Gasteiger partial charge in [-0.15, -0.1) is 48.1 Å². The summed E-state index contributed by atoms with van der Waals surface area (Å²) in [6.45, 7) is 24.6. The van der Waals surface area contributed by atoms with Crippen LogP contribution in [0.4, 0.5) is 22.7 Å². The normalized spacial score (nSPS) is 13.1. The summed E-state index contributed by atoms with van der Waals surface area (Å²) < 4.78 is 8.92. The zero-order valence-electron chi connectivity index (χ0n) is 36.8. The number of anilines is 4. The number of nitrogens with zero attached hydrogens (tertiary/aromatic N) is 4. The molecule has 0 atom stereocenters. The van der Waals surface area contributed by atoms with E-state index in [0.717, 1.165) is 50.4 Å². The van der Waals surface area contributed by atoms with E-state index < -0.39 is 0 Å². The van der Waals surface area contributed by atoms with Gasteiger partial charge in [0.05, 0.1) is 0 Å². The molecule has 6 aromatic carbocycles. The van der Waals surface area contributed by atoms with Crippen molar-refractivity contribution in [2.24, 2.45) is 0 Å². The second-order valence-corrected chi connectivity index (χ2v) is 18.9. The van der Waals surface area contributed by atoms with Crippen LogP contribution in [0.25, 0.3) is 27.6 Å². The van der Waals surface area contributed by atoms with Crippen molar-refractivity contribution in [2.75, 3.05) is 9.80 Å². The van der Waals surface area contributed by atoms with Gasteiger partial charge in [-0.05, 0) is 106 Å². The fourth-order valence-corrected chi connectivity index (χ4v) is 8.33. The van der Waals surface area contributed by atoms with Crippen LogP contribution in [0.1, 0.15) is 88.8 Å². The number of hydrogen-bond acceptors (Lipinski definition) is 4. The van der Waals surface area contributed by atoms with Crippen molar-refractivity contribution in [3.63, 3.8) is 0 Å². The minimum absolute atomic E-state index is 0. The van der Waals surface area contributed by atoms with Gasteiger partial charge in [-0.1, -0.05) is 116 Å². The van der Waals surface area contributed by atoms with Crippen LogP contribution in [0.15, 0.2) is 134 Å². The van der Waals surface area contributed by atoms with Crippen LogP contribution in [0.2, 0.25) is 0 Å². The maximum absolute atomic E-state index is 6.68. The molecule has 2 aromatic heterocycles. The van der Waals surface area contributed by atoms with Crippen LogP contribution in [0.5, 0.6) is 11.5 Å². The second-order valence-electron chi connectivity index (χ2n) is 18.9. The number of aryl methyl sites for hydroxylation is 2. The molecule has 0 spiro atoms. The number of ether oxygens (including phenoxy) is 1. The Kier molecular flexibility index (Phi) is 10.8. The zero-order valence-corrected chi connectivity index (χ0v) is 39.1. The van der Waals surface area contributed by atoms with Gasteiger partial charge in [-0.25, -0.2) is 4.98 Å². The van der Waals surface area contributed by atoms with Crippen LogP contribution in [0, 0.1) is 32.6 Å². The first kappa shape index (κ1) is 42.1. The molecule has 0 amide bonds. The summed E-state index contributed by atoms with van der Waals surface area (Å²) in [6.07, 6.45) is 1.92. The molecule has 0 unspecified atom stereocenters. The SMILES string of the molecule is Cc1cc2c(cc1C)N(c1cccc(C(C)(C)C)c1)[CH-]N2c1[c-]c(Oc2[c-]c3c(cc2)c2cc(C(C)(C)c4ccccc4)ccc2n3-c2cc(C(C)(C)C)ccn2)ccc1.[Pt]. The van der Waals surface area contributed by atoms with Crippen LogP contribution in [-0.2, 0) is 37.3 Å². The van der Waals surface area contributed by atoms with E-state index in [-0.39, 0.29) is 37.3 Å². The molecule has 1 aliphatic rings. The summed E-state index contributed by atoms with van der Waals surface area (Å²) in [6, 6.07) is 52.9. The van der Waals surface area contributed by atoms with Gasteiger partial charge in [0.15, 0.2) is 0 Å². The minimum Gasteiger partial charge on any atom is -0.509 e. The molecule has 3 heterocycles. The van der Waals surface area contributed by atoms with Crippen LogP contribution >= 0.6 is 0 Å². The van der Waals surface area contributed by atoms with Crippen LogP contribution in [0.3, 0.4) is 0 Å². The Bertz CT molecular complexity index is 2910. The molecule has 61 heavy (non-hydrogen) atoms. The zero-order chi connectivity index (χ0) is 42.1. The third kappa shape index (κ3) is 7.78. The Morgan fingerprint density at radius 3 is 1.93 bits per heavy atom. The topological polar surface area (TPSA) is 33.5 Å². The molecule has 0 fully saturated rings. The molecule has 0 radical (unpaired) electrons. The maximum atomic E-state index is 6.68. The molecule has 0 aliphatic carbocycles. The van der Waals surface area contributed by atoms with E-state index in [4.69, 9.17) is 9.72 Å². The molecule has 8 aromatic rings. The molecule has 9 rings (SSSR count). The van der Waals surface area contributed by atoms with Gasteiger partial charge in [-0.3, -0.25) is 0 Å². The Morgan fingerprint density at radius 1 is 0.557 bits per heavy atom. The average molecular weight is 981 g/mol. The molecule has 0 bridgehead atoms. The number of hydrogen-bond donors (Lipinski definition) is 0. The van der Waals surface area contributed by atoms with E-state index in [1.165, 1.54) is 33.4 Å². The van der Waals surface area contributed by atoms with Gasteiger partial charge in [0, 0.05) is 66.8 Å². The van der Waals surface area contributed by atoms with E-state index in [2.05, 4.69) is 212 Å². The third-order valence-electron chi connectivity index (χ3n) is 12.3. The molecule has 0 saturated carbocycles. The van der Waals surface area contributed by atoms with E-state index in [0.29, 0.717) is 11.5 Å². The van der Waals surface area contributed by atoms with Crippen molar-refractivity contribution < 1.29 is 25.8 Å². The summed E-state index contributed by atoms with van der Waals surface area (Å²) in [5.74, 6) is 2.07. The number of rotatable bonds is 7. The van der Waals surface area contributed by atoms with Crippen molar-refractivity contribution in [2.45, 2.75) is 85.5 Å². The molecule has 0 N–H and O–H groups in total. The van der Waals surface area contributed by atoms with Crippen LogP contribution in [-0.4, -0.2) is 9.55 Å². The van der Waals surface area contributed by atoms with E-state index >= 15 is 0 Å². The first-order chi connectivity index (χ1) is 28.6. The summed E-state index contributed by atoms with van der Waals surface area (Å²) in [4.78, 5) is 9.44. The summed E-state index contributed by atoms with van der Waals surface area (Å²) in [5, 5.41) is 2.24. The monoisotopic (exact) mass is 980 g/mol. The standard InChI is InChI=1S/C55H53N4O.Pt/c1-36-28-50-51(29-37(36)2)58(35-57(50)42-19-14-18-39(30-42)53(3,4)5)43-20-15-21-44(33-43)60-45-23-24-46-47-31-41(55(9,10)38-16-12-11-13-17-38)22-25-48(47)59(49(46)34-45)52-32-40(26-27-56-52)54(6,7)8;/h11-32,35H,1-10H3;/q-3;. The van der Waals surface area contributed by atoms with Crippen molar-refractivity contribution in [1.29, 1.82) is 0 Å². The molecular formula is C55H53N4OPt-3. The summed E-state index contributed by atoms with van der Waals surface area (Å²) >= 11 is 0. The van der Waals surface area contributed by atoms with Gasteiger partial charge in [0.2, 0.25) is 0 Å². The number of aromatic nitrogens is 2. The molecule has 5 nitrogen and oxygen atoms in total. The van der Waals surface area contributed by atoms with E-state index in [1.54, 1.807) is 0 Å². The smallest absolute Gasteiger partial charge is 0.135 e.